The number of rotatable bonds is 9. The smallest absolute Gasteiger partial charge is 0.393 e. The fourth-order valence-electron chi connectivity index (χ4n) is 11.0. The third kappa shape index (κ3) is 6.14. The molecule has 4 fully saturated rings. The van der Waals surface area contributed by atoms with Crippen LogP contribution in [0.1, 0.15) is 97.5 Å². The van der Waals surface area contributed by atoms with Crippen LogP contribution in [0.4, 0.5) is 17.6 Å². The van der Waals surface area contributed by atoms with Gasteiger partial charge in [-0.3, -0.25) is 4.79 Å². The van der Waals surface area contributed by atoms with E-state index in [9.17, 15) is 36.6 Å². The van der Waals surface area contributed by atoms with E-state index in [0.717, 1.165) is 50.7 Å². The molecule has 10 heteroatoms. The quantitative estimate of drug-likeness (QED) is 0.270. The van der Waals surface area contributed by atoms with E-state index < -0.39 is 51.5 Å². The fraction of sp³-hybridized carbons (Fsp3) is 0.800. The van der Waals surface area contributed by atoms with Crippen LogP contribution in [0.25, 0.3) is 0 Å². The molecule has 0 aliphatic heterocycles. The van der Waals surface area contributed by atoms with Crippen LogP contribution >= 0.6 is 0 Å². The number of aliphatic hydroxyl groups is 2. The number of sulfone groups is 1. The second-order valence-corrected chi connectivity index (χ2v) is 17.3. The molecule has 4 saturated carbocycles. The minimum Gasteiger partial charge on any atom is -0.393 e. The number of Topliss-reactive ketones (excluding diaryl/α,β-unsaturated/α-hetero) is 1. The summed E-state index contributed by atoms with van der Waals surface area (Å²) in [6, 6.07) is 3.23. The Morgan fingerprint density at radius 1 is 1.00 bits per heavy atom. The van der Waals surface area contributed by atoms with Gasteiger partial charge in [0.15, 0.2) is 9.84 Å². The zero-order valence-corrected chi connectivity index (χ0v) is 27.7. The summed E-state index contributed by atoms with van der Waals surface area (Å²) in [6.07, 6.45) is -0.130. The number of halogens is 4. The van der Waals surface area contributed by atoms with Crippen LogP contribution in [0.15, 0.2) is 29.2 Å². The average Bonchev–Trinajstić information content (AvgIpc) is 3.32. The fourth-order valence-corrected chi connectivity index (χ4v) is 12.3. The second kappa shape index (κ2) is 12.5. The topological polar surface area (TPSA) is 91.7 Å². The van der Waals surface area contributed by atoms with Crippen molar-refractivity contribution in [3.63, 3.8) is 0 Å². The molecule has 0 saturated heterocycles. The Bertz CT molecular complexity index is 1330. The molecule has 4 aliphatic rings. The zero-order chi connectivity index (χ0) is 33.1. The molecule has 5 rings (SSSR count). The molecular weight excluding hydrogens is 608 g/mol. The molecule has 254 valence electrons. The van der Waals surface area contributed by atoms with E-state index in [4.69, 9.17) is 0 Å². The number of carbonyl (C=O) groups is 1. The Morgan fingerprint density at radius 2 is 1.62 bits per heavy atom. The summed E-state index contributed by atoms with van der Waals surface area (Å²) < 4.78 is 79.5. The third-order valence-electron chi connectivity index (χ3n) is 13.2. The van der Waals surface area contributed by atoms with E-state index >= 15 is 4.39 Å². The summed E-state index contributed by atoms with van der Waals surface area (Å²) in [4.78, 5) is 12.4. The highest BCUT2D eigenvalue weighted by molar-refractivity contribution is 7.92. The molecule has 0 spiro atoms. The van der Waals surface area contributed by atoms with Gasteiger partial charge in [-0.25, -0.2) is 12.8 Å². The van der Waals surface area contributed by atoms with E-state index in [-0.39, 0.29) is 45.8 Å². The van der Waals surface area contributed by atoms with Crippen LogP contribution in [-0.4, -0.2) is 48.5 Å². The second-order valence-electron chi connectivity index (χ2n) is 15.4. The monoisotopic (exact) mass is 658 g/mol. The molecule has 0 aromatic heterocycles. The molecule has 45 heavy (non-hydrogen) atoms. The lowest BCUT2D eigenvalue weighted by molar-refractivity contribution is -0.222. The van der Waals surface area contributed by atoms with Crippen molar-refractivity contribution in [2.75, 3.05) is 5.75 Å². The first kappa shape index (κ1) is 34.8. The molecule has 0 heterocycles. The van der Waals surface area contributed by atoms with Crippen molar-refractivity contribution < 1.29 is 41.0 Å². The van der Waals surface area contributed by atoms with Crippen LogP contribution in [-0.2, 0) is 20.8 Å². The van der Waals surface area contributed by atoms with Crippen molar-refractivity contribution in [2.24, 2.45) is 52.3 Å². The summed E-state index contributed by atoms with van der Waals surface area (Å²) in [7, 11) is -4.04. The predicted octanol–water partition coefficient (Wildman–Crippen LogP) is 7.43. The minimum atomic E-state index is -4.57. The van der Waals surface area contributed by atoms with Crippen LogP contribution in [0, 0.1) is 52.3 Å². The van der Waals surface area contributed by atoms with E-state index in [1.807, 2.05) is 6.92 Å². The summed E-state index contributed by atoms with van der Waals surface area (Å²) in [5.41, 5.74) is -1.17. The van der Waals surface area contributed by atoms with E-state index in [0.29, 0.717) is 49.1 Å². The van der Waals surface area contributed by atoms with Gasteiger partial charge >= 0.3 is 6.18 Å². The van der Waals surface area contributed by atoms with Gasteiger partial charge < -0.3 is 10.2 Å². The maximum absolute atomic E-state index is 15.6. The SMILES string of the molecule is CC[C@@H]1[C@@H]2[C@@H](F)[C@H](O)CC[C@]2(C)C2CC[C@@]3(C)C(CCC3[C@H](C)CCCC(=O)CS(=O)(=O)c3ccc(C(F)(F)F)cc3)C2[C@@H]1O. The van der Waals surface area contributed by atoms with E-state index in [2.05, 4.69) is 20.8 Å². The number of ketones is 1. The van der Waals surface area contributed by atoms with Gasteiger partial charge in [-0.1, -0.05) is 40.5 Å². The lowest BCUT2D eigenvalue weighted by atomic mass is 9.41. The third-order valence-corrected chi connectivity index (χ3v) is 14.9. The minimum absolute atomic E-state index is 0.0161. The number of aliphatic hydroxyl groups excluding tert-OH is 2. The average molecular weight is 659 g/mol. The van der Waals surface area contributed by atoms with Crippen LogP contribution in [0.3, 0.4) is 0 Å². The number of carbonyl (C=O) groups excluding carboxylic acids is 1. The van der Waals surface area contributed by atoms with Gasteiger partial charge in [0.25, 0.3) is 0 Å². The maximum Gasteiger partial charge on any atom is 0.416 e. The molecule has 4 unspecified atom stereocenters. The molecule has 0 amide bonds. The van der Waals surface area contributed by atoms with Gasteiger partial charge in [0.05, 0.1) is 22.7 Å². The molecule has 1 aromatic carbocycles. The van der Waals surface area contributed by atoms with Crippen molar-refractivity contribution in [1.29, 1.82) is 0 Å². The summed E-state index contributed by atoms with van der Waals surface area (Å²) in [5, 5.41) is 22.3. The lowest BCUT2D eigenvalue weighted by Gasteiger charge is -2.65. The molecule has 0 radical (unpaired) electrons. The summed E-state index contributed by atoms with van der Waals surface area (Å²) in [5.74, 6) is -0.336. The Balaban J connectivity index is 1.21. The largest absolute Gasteiger partial charge is 0.416 e. The first-order valence-electron chi connectivity index (χ1n) is 16.9. The molecule has 0 bridgehead atoms. The van der Waals surface area contributed by atoms with Crippen LogP contribution < -0.4 is 0 Å². The molecule has 2 N–H and O–H groups in total. The predicted molar refractivity (Wildman–Crippen MR) is 164 cm³/mol. The van der Waals surface area contributed by atoms with Gasteiger partial charge in [-0.15, -0.1) is 0 Å². The van der Waals surface area contributed by atoms with Gasteiger partial charge in [0, 0.05) is 12.3 Å². The summed E-state index contributed by atoms with van der Waals surface area (Å²) in [6.45, 7) is 8.80. The summed E-state index contributed by atoms with van der Waals surface area (Å²) >= 11 is 0. The molecule has 12 atom stereocenters. The number of benzene rings is 1. The normalized spacial score (nSPS) is 40.7. The maximum atomic E-state index is 15.6. The van der Waals surface area contributed by atoms with Gasteiger partial charge in [0.2, 0.25) is 0 Å². The Labute approximate surface area is 265 Å². The lowest BCUT2D eigenvalue weighted by Crippen LogP contribution is -2.65. The van der Waals surface area contributed by atoms with Crippen molar-refractivity contribution in [1.82, 2.24) is 0 Å². The van der Waals surface area contributed by atoms with Crippen molar-refractivity contribution in [3.8, 4) is 0 Å². The first-order valence-corrected chi connectivity index (χ1v) is 18.5. The van der Waals surface area contributed by atoms with Gasteiger partial charge in [-0.2, -0.15) is 13.2 Å². The number of alkyl halides is 4. The molecule has 5 nitrogen and oxygen atoms in total. The Morgan fingerprint density at radius 3 is 2.24 bits per heavy atom. The Hall–Kier alpha value is -1.52. The number of fused-ring (bicyclic) bond motifs is 5. The molecule has 4 aliphatic carbocycles. The molecule has 1 aromatic rings. The highest BCUT2D eigenvalue weighted by Gasteiger charge is 2.66. The Kier molecular flexibility index (Phi) is 9.66. The van der Waals surface area contributed by atoms with E-state index in [1.165, 1.54) is 0 Å². The van der Waals surface area contributed by atoms with Gasteiger partial charge in [0.1, 0.15) is 17.7 Å². The van der Waals surface area contributed by atoms with Crippen LogP contribution in [0.5, 0.6) is 0 Å². The van der Waals surface area contributed by atoms with Crippen molar-refractivity contribution in [3.05, 3.63) is 29.8 Å². The number of hydrogen-bond acceptors (Lipinski definition) is 5. The van der Waals surface area contributed by atoms with E-state index in [1.54, 1.807) is 0 Å². The van der Waals surface area contributed by atoms with Crippen LogP contribution in [0.2, 0.25) is 0 Å². The number of hydrogen-bond donors (Lipinski definition) is 2. The highest BCUT2D eigenvalue weighted by Crippen LogP contribution is 2.69. The standard InChI is InChI=1S/C35H50F4O5S/c1-5-24-30-31(36)28(41)16-18-34(30,4)27-15-17-33(3)25(13-14-26(33)29(27)32(24)42)20(2)7-6-8-22(40)19-45(43,44)23-11-9-21(10-12-23)35(37,38)39/h9-12,20,24-32,41-42H,5-8,13-19H2,1-4H3/t20-,24-,25?,26?,27?,28-,29?,30-,31+,32-,33-,34-/m1/s1. The van der Waals surface area contributed by atoms with Crippen molar-refractivity contribution >= 4 is 15.6 Å². The van der Waals surface area contributed by atoms with Gasteiger partial charge in [-0.05, 0) is 116 Å². The first-order chi connectivity index (χ1) is 21.0. The highest BCUT2D eigenvalue weighted by atomic mass is 32.2. The zero-order valence-electron chi connectivity index (χ0n) is 26.9. The van der Waals surface area contributed by atoms with Crippen molar-refractivity contribution in [2.45, 2.75) is 121 Å². The molecular formula is C35H50F4O5S.